The third-order valence-electron chi connectivity index (χ3n) is 7.78. The Kier molecular flexibility index (Phi) is 6.59. The van der Waals surface area contributed by atoms with Crippen LogP contribution in [0.4, 0.5) is 0 Å². The quantitative estimate of drug-likeness (QED) is 0.257. The number of methoxy groups -OCH3 is 1. The third kappa shape index (κ3) is 4.63. The highest BCUT2D eigenvalue weighted by Crippen LogP contribution is 2.36. The summed E-state index contributed by atoms with van der Waals surface area (Å²) < 4.78 is 8.60. The van der Waals surface area contributed by atoms with E-state index in [4.69, 9.17) is 4.74 Å². The molecule has 206 valence electrons. The minimum Gasteiger partial charge on any atom is -0.481 e. The van der Waals surface area contributed by atoms with Crippen LogP contribution in [-0.4, -0.2) is 79.1 Å². The summed E-state index contributed by atoms with van der Waals surface area (Å²) in [5.74, 6) is 1.21. The Bertz CT molecular complexity index is 1740. The van der Waals surface area contributed by atoms with Crippen LogP contribution in [0.15, 0.2) is 72.1 Å². The molecule has 41 heavy (non-hydrogen) atoms. The number of nitrogens with zero attached hydrogens (tertiary/aromatic N) is 9. The number of aryl methyl sites for hydroxylation is 1. The van der Waals surface area contributed by atoms with Gasteiger partial charge in [0.15, 0.2) is 0 Å². The van der Waals surface area contributed by atoms with Crippen LogP contribution in [0, 0.1) is 11.3 Å². The molecule has 11 nitrogen and oxygen atoms in total. The van der Waals surface area contributed by atoms with Crippen LogP contribution < -0.4 is 4.74 Å². The number of carbonyl (C=O) groups excluding carboxylic acids is 1. The van der Waals surface area contributed by atoms with Crippen LogP contribution in [0.1, 0.15) is 34.8 Å². The van der Waals surface area contributed by atoms with Crippen LogP contribution in [0.2, 0.25) is 0 Å². The van der Waals surface area contributed by atoms with Crippen molar-refractivity contribution in [2.45, 2.75) is 25.4 Å². The summed E-state index contributed by atoms with van der Waals surface area (Å²) in [6, 6.07) is 7.96. The lowest BCUT2D eigenvalue weighted by Crippen LogP contribution is -2.69. The van der Waals surface area contributed by atoms with E-state index in [-0.39, 0.29) is 18.0 Å². The minimum atomic E-state index is -0.0134. The molecule has 3 aliphatic heterocycles. The first kappa shape index (κ1) is 26.0. The van der Waals surface area contributed by atoms with E-state index in [0.717, 1.165) is 40.0 Å². The molecule has 3 aliphatic rings. The molecule has 0 radical (unpaired) electrons. The molecule has 0 saturated carbocycles. The van der Waals surface area contributed by atoms with Gasteiger partial charge in [-0.05, 0) is 43.8 Å². The average molecular weight is 548 g/mol. The molecular formula is C30H29N9O2. The fraction of sp³-hybridized carbons (Fsp3) is 0.267. The van der Waals surface area contributed by atoms with Gasteiger partial charge in [-0.1, -0.05) is 6.08 Å². The Morgan fingerprint density at radius 1 is 1.15 bits per heavy atom. The molecule has 3 saturated heterocycles. The van der Waals surface area contributed by atoms with E-state index in [0.29, 0.717) is 30.1 Å². The monoisotopic (exact) mass is 547 g/mol. The van der Waals surface area contributed by atoms with Crippen molar-refractivity contribution in [1.82, 2.24) is 34.2 Å². The zero-order valence-electron chi connectivity index (χ0n) is 23.1. The van der Waals surface area contributed by atoms with Gasteiger partial charge in [0.25, 0.3) is 5.91 Å². The van der Waals surface area contributed by atoms with Crippen LogP contribution in [-0.2, 0) is 7.05 Å². The summed E-state index contributed by atoms with van der Waals surface area (Å²) in [5.41, 5.74) is 5.55. The van der Waals surface area contributed by atoms with Crippen molar-refractivity contribution in [3.8, 4) is 23.1 Å². The molecule has 1 amide bonds. The first-order valence-corrected chi connectivity index (χ1v) is 13.2. The molecule has 2 atom stereocenters. The van der Waals surface area contributed by atoms with E-state index in [1.165, 1.54) is 0 Å². The molecule has 4 aromatic rings. The summed E-state index contributed by atoms with van der Waals surface area (Å²) in [4.78, 5) is 25.8. The van der Waals surface area contributed by atoms with Crippen molar-refractivity contribution in [1.29, 1.82) is 5.26 Å². The second-order valence-corrected chi connectivity index (χ2v) is 10.3. The van der Waals surface area contributed by atoms with E-state index in [1.54, 1.807) is 47.0 Å². The molecule has 7 heterocycles. The predicted octanol–water partition coefficient (Wildman–Crippen LogP) is 3.55. The number of carbonyl (C=O) groups is 1. The van der Waals surface area contributed by atoms with E-state index in [1.807, 2.05) is 43.4 Å². The number of piperidine rings is 1. The topological polar surface area (TPSA) is 117 Å². The number of fused-ring (bicyclic) bond motifs is 3. The molecule has 3 fully saturated rings. The van der Waals surface area contributed by atoms with Gasteiger partial charge in [-0.2, -0.15) is 15.5 Å². The number of rotatable bonds is 7. The Balaban J connectivity index is 1.25. The van der Waals surface area contributed by atoms with Crippen molar-refractivity contribution in [2.75, 3.05) is 20.2 Å². The van der Waals surface area contributed by atoms with Gasteiger partial charge < -0.3 is 14.5 Å². The highest BCUT2D eigenvalue weighted by molar-refractivity contribution is 5.95. The van der Waals surface area contributed by atoms with E-state index < -0.39 is 0 Å². The highest BCUT2D eigenvalue weighted by atomic mass is 16.5. The maximum Gasteiger partial charge on any atom is 0.256 e. The van der Waals surface area contributed by atoms with Gasteiger partial charge in [0.2, 0.25) is 5.88 Å². The summed E-state index contributed by atoms with van der Waals surface area (Å²) in [5, 5.41) is 18.4. The maximum absolute atomic E-state index is 13.2. The van der Waals surface area contributed by atoms with Crippen LogP contribution >= 0.6 is 0 Å². The number of aromatic nitrogens is 5. The number of piperazine rings is 1. The standard InChI is InChI=1S/C30H29N9O2/c1-19(26-9-21(23-14-34-36(3)15-23)16-38-29(26)22(11-31)13-35-38)5-7-27(32-2)37-17-24-10-25(18-37)39(24)30(40)20-6-8-28(41-4)33-12-20/h5-9,12-16,24-25H,2,10,17-18H2,1,3-4H3/b19-5+,27-7+. The molecule has 2 bridgehead atoms. The second-order valence-electron chi connectivity index (χ2n) is 10.3. The summed E-state index contributed by atoms with van der Waals surface area (Å²) >= 11 is 0. The number of nitriles is 1. The smallest absolute Gasteiger partial charge is 0.256 e. The Morgan fingerprint density at radius 2 is 1.95 bits per heavy atom. The van der Waals surface area contributed by atoms with Crippen molar-refractivity contribution < 1.29 is 9.53 Å². The fourth-order valence-corrected chi connectivity index (χ4v) is 5.68. The number of pyridine rings is 2. The largest absolute Gasteiger partial charge is 0.481 e. The molecule has 0 aromatic carbocycles. The SMILES string of the molecule is C=N/C(=C\C=C(/C)c1cc(-c2cnn(C)c2)cn2ncc(C#N)c12)N1CC2CC(C1)N2C(=O)c1ccc(OC)nc1. The lowest BCUT2D eigenvalue weighted by Gasteiger charge is -2.56. The van der Waals surface area contributed by atoms with Crippen molar-refractivity contribution in [2.24, 2.45) is 12.0 Å². The van der Waals surface area contributed by atoms with E-state index in [9.17, 15) is 10.1 Å². The summed E-state index contributed by atoms with van der Waals surface area (Å²) in [6.07, 6.45) is 13.7. The van der Waals surface area contributed by atoms with E-state index >= 15 is 0 Å². The van der Waals surface area contributed by atoms with Crippen molar-refractivity contribution >= 4 is 23.7 Å². The van der Waals surface area contributed by atoms with Gasteiger partial charge in [0.05, 0.1) is 48.2 Å². The van der Waals surface area contributed by atoms with Gasteiger partial charge in [0, 0.05) is 61.5 Å². The van der Waals surface area contributed by atoms with Crippen LogP contribution in [0.25, 0.3) is 22.2 Å². The first-order valence-electron chi connectivity index (χ1n) is 13.2. The number of ether oxygens (including phenoxy) is 1. The first-order chi connectivity index (χ1) is 19.9. The zero-order chi connectivity index (χ0) is 28.7. The number of hydrogen-bond acceptors (Lipinski definition) is 8. The summed E-state index contributed by atoms with van der Waals surface area (Å²) in [7, 11) is 3.43. The number of aliphatic imine (C=N–C) groups is 1. The van der Waals surface area contributed by atoms with Gasteiger partial charge in [-0.3, -0.25) is 9.48 Å². The lowest BCUT2D eigenvalue weighted by molar-refractivity contribution is -0.0376. The number of allylic oxidation sites excluding steroid dienone is 3. The zero-order valence-corrected chi connectivity index (χ0v) is 23.1. The average Bonchev–Trinajstić information content (AvgIpc) is 3.62. The fourth-order valence-electron chi connectivity index (χ4n) is 5.68. The van der Waals surface area contributed by atoms with Gasteiger partial charge in [-0.25, -0.2) is 14.5 Å². The minimum absolute atomic E-state index is 0.0134. The number of amides is 1. The van der Waals surface area contributed by atoms with Crippen molar-refractivity contribution in [3.63, 3.8) is 0 Å². The highest BCUT2D eigenvalue weighted by Gasteiger charge is 2.47. The molecule has 0 aliphatic carbocycles. The molecular weight excluding hydrogens is 518 g/mol. The molecule has 11 heteroatoms. The van der Waals surface area contributed by atoms with Gasteiger partial charge in [-0.15, -0.1) is 0 Å². The van der Waals surface area contributed by atoms with Crippen molar-refractivity contribution in [3.05, 3.63) is 83.8 Å². The van der Waals surface area contributed by atoms with Crippen LogP contribution in [0.3, 0.4) is 0 Å². The molecule has 4 aromatic heterocycles. The Labute approximate surface area is 237 Å². The van der Waals surface area contributed by atoms with E-state index in [2.05, 4.69) is 43.9 Å². The predicted molar refractivity (Wildman–Crippen MR) is 154 cm³/mol. The Morgan fingerprint density at radius 3 is 2.59 bits per heavy atom. The Hall–Kier alpha value is -5.24. The second kappa shape index (κ2) is 10.4. The third-order valence-corrected chi connectivity index (χ3v) is 7.78. The van der Waals surface area contributed by atoms with Crippen LogP contribution in [0.5, 0.6) is 5.88 Å². The molecule has 0 spiro atoms. The van der Waals surface area contributed by atoms with Gasteiger partial charge in [0.1, 0.15) is 11.9 Å². The number of hydrogen-bond donors (Lipinski definition) is 0. The lowest BCUT2D eigenvalue weighted by atomic mass is 9.86. The molecule has 0 N–H and O–H groups in total. The van der Waals surface area contributed by atoms with Gasteiger partial charge >= 0.3 is 0 Å². The maximum atomic E-state index is 13.2. The molecule has 7 rings (SSSR count). The summed E-state index contributed by atoms with van der Waals surface area (Å²) in [6.45, 7) is 7.16. The normalized spacial score (nSPS) is 18.7. The molecule has 2 unspecified atom stereocenters.